The minimum Gasteiger partial charge on any atom is -0.465 e. The summed E-state index contributed by atoms with van der Waals surface area (Å²) in [6.07, 6.45) is 4.07. The van der Waals surface area contributed by atoms with Crippen LogP contribution < -0.4 is 0 Å². The van der Waals surface area contributed by atoms with E-state index in [-0.39, 0.29) is 5.97 Å². The molecule has 1 aliphatic carbocycles. The van der Waals surface area contributed by atoms with Gasteiger partial charge < -0.3 is 4.74 Å². The first-order valence-corrected chi connectivity index (χ1v) is 5.86. The number of halogens is 1. The van der Waals surface area contributed by atoms with E-state index in [0.717, 1.165) is 24.0 Å². The van der Waals surface area contributed by atoms with Crippen LogP contribution in [0.4, 0.5) is 0 Å². The van der Waals surface area contributed by atoms with Gasteiger partial charge in [-0.25, -0.2) is 4.79 Å². The summed E-state index contributed by atoms with van der Waals surface area (Å²) < 4.78 is 6.10. The highest BCUT2D eigenvalue weighted by Crippen LogP contribution is 2.29. The molecule has 0 aromatic heterocycles. The maximum absolute atomic E-state index is 11.5. The maximum Gasteiger partial charge on any atom is 0.338 e. The number of carbonyl (C=O) groups excluding carboxylic acids is 1. The zero-order valence-corrected chi connectivity index (χ0v) is 10.6. The Kier molecular flexibility index (Phi) is 3.09. The molecule has 2 rings (SSSR count). The fourth-order valence-electron chi connectivity index (χ4n) is 1.81. The molecule has 0 fully saturated rings. The molecule has 0 bridgehead atoms. The second-order valence-electron chi connectivity index (χ2n) is 3.46. The zero-order valence-electron chi connectivity index (χ0n) is 8.42. The minimum atomic E-state index is -0.239. The summed E-state index contributed by atoms with van der Waals surface area (Å²) in [6.45, 7) is 0. The van der Waals surface area contributed by atoms with E-state index in [0.29, 0.717) is 5.56 Å². The van der Waals surface area contributed by atoms with Crippen LogP contribution in [-0.2, 0) is 11.2 Å². The van der Waals surface area contributed by atoms with Crippen LogP contribution in [0.3, 0.4) is 0 Å². The van der Waals surface area contributed by atoms with Crippen LogP contribution in [0.15, 0.2) is 21.8 Å². The fourth-order valence-corrected chi connectivity index (χ4v) is 2.41. The van der Waals surface area contributed by atoms with E-state index in [1.54, 1.807) is 0 Å². The van der Waals surface area contributed by atoms with Gasteiger partial charge in [0, 0.05) is 0 Å². The van der Waals surface area contributed by atoms with Gasteiger partial charge in [-0.1, -0.05) is 12.1 Å². The molecule has 0 heterocycles. The van der Waals surface area contributed by atoms with Gasteiger partial charge in [0.25, 0.3) is 0 Å². The van der Waals surface area contributed by atoms with E-state index >= 15 is 0 Å². The SMILES string of the molecule is COC(=O)c1cccc2c1CCC(I)=C2. The third kappa shape index (κ3) is 2.07. The fraction of sp³-hybridized carbons (Fsp3) is 0.250. The van der Waals surface area contributed by atoms with Crippen molar-refractivity contribution in [2.75, 3.05) is 7.11 Å². The van der Waals surface area contributed by atoms with Crippen LogP contribution in [0, 0.1) is 0 Å². The largest absolute Gasteiger partial charge is 0.465 e. The van der Waals surface area contributed by atoms with Gasteiger partial charge in [-0.3, -0.25) is 0 Å². The number of rotatable bonds is 1. The van der Waals surface area contributed by atoms with E-state index in [1.165, 1.54) is 10.7 Å². The minimum absolute atomic E-state index is 0.239. The second kappa shape index (κ2) is 4.35. The zero-order chi connectivity index (χ0) is 10.8. The summed E-state index contributed by atoms with van der Waals surface area (Å²) in [4.78, 5) is 11.5. The van der Waals surface area contributed by atoms with Crippen molar-refractivity contribution in [3.63, 3.8) is 0 Å². The summed E-state index contributed by atoms with van der Waals surface area (Å²) in [5, 5.41) is 0. The third-order valence-corrected chi connectivity index (χ3v) is 3.39. The lowest BCUT2D eigenvalue weighted by molar-refractivity contribution is 0.0599. The van der Waals surface area contributed by atoms with Crippen LogP contribution in [0.25, 0.3) is 6.08 Å². The Bertz CT molecular complexity index is 435. The number of benzene rings is 1. The summed E-state index contributed by atoms with van der Waals surface area (Å²) in [6, 6.07) is 5.77. The number of allylic oxidation sites excluding steroid dienone is 1. The van der Waals surface area contributed by atoms with E-state index in [4.69, 9.17) is 4.74 Å². The van der Waals surface area contributed by atoms with Crippen molar-refractivity contribution in [2.24, 2.45) is 0 Å². The summed E-state index contributed by atoms with van der Waals surface area (Å²) in [7, 11) is 1.42. The Morgan fingerprint density at radius 3 is 2.93 bits per heavy atom. The van der Waals surface area contributed by atoms with Gasteiger partial charge in [-0.15, -0.1) is 0 Å². The van der Waals surface area contributed by atoms with E-state index in [2.05, 4.69) is 28.7 Å². The summed E-state index contributed by atoms with van der Waals surface area (Å²) in [5.41, 5.74) is 2.97. The average molecular weight is 314 g/mol. The monoisotopic (exact) mass is 314 g/mol. The predicted molar refractivity (Wildman–Crippen MR) is 68.1 cm³/mol. The highest BCUT2D eigenvalue weighted by Gasteiger charge is 2.17. The molecule has 1 aromatic rings. The van der Waals surface area contributed by atoms with Crippen LogP contribution in [0.5, 0.6) is 0 Å². The molecule has 15 heavy (non-hydrogen) atoms. The smallest absolute Gasteiger partial charge is 0.338 e. The number of fused-ring (bicyclic) bond motifs is 1. The van der Waals surface area contributed by atoms with E-state index in [9.17, 15) is 4.79 Å². The molecule has 0 N–H and O–H groups in total. The Morgan fingerprint density at radius 2 is 2.20 bits per heavy atom. The predicted octanol–water partition coefficient (Wildman–Crippen LogP) is 3.20. The standard InChI is InChI=1S/C12H11IO2/c1-15-12(14)11-4-2-3-8-7-9(13)5-6-10(8)11/h2-4,7H,5-6H2,1H3. The molecule has 2 nitrogen and oxygen atoms in total. The third-order valence-electron chi connectivity index (χ3n) is 2.54. The van der Waals surface area contributed by atoms with Crippen LogP contribution >= 0.6 is 22.6 Å². The van der Waals surface area contributed by atoms with Crippen molar-refractivity contribution >= 4 is 34.6 Å². The first kappa shape index (κ1) is 10.7. The molecule has 0 atom stereocenters. The molecule has 0 saturated heterocycles. The molecular weight excluding hydrogens is 303 g/mol. The average Bonchev–Trinajstić information content (AvgIpc) is 2.26. The van der Waals surface area contributed by atoms with E-state index < -0.39 is 0 Å². The van der Waals surface area contributed by atoms with E-state index in [1.807, 2.05) is 18.2 Å². The Labute approximate surface area is 102 Å². The highest BCUT2D eigenvalue weighted by molar-refractivity contribution is 14.1. The lowest BCUT2D eigenvalue weighted by atomic mass is 9.93. The van der Waals surface area contributed by atoms with Crippen molar-refractivity contribution in [3.8, 4) is 0 Å². The molecule has 78 valence electrons. The first-order valence-electron chi connectivity index (χ1n) is 4.78. The number of methoxy groups -OCH3 is 1. The molecule has 0 unspecified atom stereocenters. The highest BCUT2D eigenvalue weighted by atomic mass is 127. The van der Waals surface area contributed by atoms with Crippen LogP contribution in [0.2, 0.25) is 0 Å². The molecule has 1 aromatic carbocycles. The topological polar surface area (TPSA) is 26.3 Å². The van der Waals surface area contributed by atoms with Gasteiger partial charge in [0.1, 0.15) is 0 Å². The lowest BCUT2D eigenvalue weighted by Crippen LogP contribution is -2.09. The van der Waals surface area contributed by atoms with Crippen molar-refractivity contribution in [2.45, 2.75) is 12.8 Å². The van der Waals surface area contributed by atoms with Crippen LogP contribution in [-0.4, -0.2) is 13.1 Å². The molecule has 0 amide bonds. The van der Waals surface area contributed by atoms with Crippen molar-refractivity contribution in [3.05, 3.63) is 38.5 Å². The molecular formula is C12H11IO2. The molecule has 0 radical (unpaired) electrons. The molecule has 0 saturated carbocycles. The molecule has 0 aliphatic heterocycles. The summed E-state index contributed by atoms with van der Waals surface area (Å²) >= 11 is 2.34. The number of hydrogen-bond acceptors (Lipinski definition) is 2. The maximum atomic E-state index is 11.5. The van der Waals surface area contributed by atoms with Gasteiger partial charge in [-0.2, -0.15) is 0 Å². The molecule has 1 aliphatic rings. The van der Waals surface area contributed by atoms with Crippen molar-refractivity contribution < 1.29 is 9.53 Å². The van der Waals surface area contributed by atoms with Gasteiger partial charge >= 0.3 is 5.97 Å². The number of carbonyl (C=O) groups is 1. The quantitative estimate of drug-likeness (QED) is 0.588. The van der Waals surface area contributed by atoms with Crippen LogP contribution in [0.1, 0.15) is 27.9 Å². The van der Waals surface area contributed by atoms with Gasteiger partial charge in [0.05, 0.1) is 12.7 Å². The number of hydrogen-bond donors (Lipinski definition) is 0. The molecule has 3 heteroatoms. The van der Waals surface area contributed by atoms with Crippen molar-refractivity contribution in [1.82, 2.24) is 0 Å². The van der Waals surface area contributed by atoms with Gasteiger partial charge in [0.15, 0.2) is 0 Å². The number of ether oxygens (including phenoxy) is 1. The van der Waals surface area contributed by atoms with Crippen molar-refractivity contribution in [1.29, 1.82) is 0 Å². The Hall–Kier alpha value is -0.840. The summed E-state index contributed by atoms with van der Waals surface area (Å²) in [5.74, 6) is -0.239. The Morgan fingerprint density at radius 1 is 1.40 bits per heavy atom. The lowest BCUT2D eigenvalue weighted by Gasteiger charge is -2.15. The normalized spacial score (nSPS) is 14.1. The number of esters is 1. The van der Waals surface area contributed by atoms with Gasteiger partial charge in [0.2, 0.25) is 0 Å². The van der Waals surface area contributed by atoms with Gasteiger partial charge in [-0.05, 0) is 62.3 Å². The first-order chi connectivity index (χ1) is 7.22. The second-order valence-corrected chi connectivity index (χ2v) is 4.84. The Balaban J connectivity index is 2.52. The molecule has 0 spiro atoms.